The van der Waals surface area contributed by atoms with E-state index in [0.717, 1.165) is 47.4 Å². The number of amides is 2. The van der Waals surface area contributed by atoms with Crippen molar-refractivity contribution in [1.29, 1.82) is 0 Å². The van der Waals surface area contributed by atoms with Crippen LogP contribution in [-0.4, -0.2) is 74.9 Å². The van der Waals surface area contributed by atoms with Crippen molar-refractivity contribution >= 4 is 34.3 Å². The average molecular weight is 479 g/mol. The van der Waals surface area contributed by atoms with Crippen molar-refractivity contribution in [3.63, 3.8) is 0 Å². The van der Waals surface area contributed by atoms with Gasteiger partial charge >= 0.3 is 0 Å². The van der Waals surface area contributed by atoms with E-state index < -0.39 is 11.6 Å². The predicted octanol–water partition coefficient (Wildman–Crippen LogP) is 3.31. The van der Waals surface area contributed by atoms with Crippen LogP contribution in [0.4, 0.5) is 0 Å². The van der Waals surface area contributed by atoms with Gasteiger partial charge in [0.25, 0.3) is 0 Å². The van der Waals surface area contributed by atoms with Crippen LogP contribution in [0, 0.1) is 0 Å². The van der Waals surface area contributed by atoms with Crippen LogP contribution in [0.3, 0.4) is 0 Å². The van der Waals surface area contributed by atoms with Crippen LogP contribution in [-0.2, 0) is 16.0 Å². The second-order valence-corrected chi connectivity index (χ2v) is 10.3. The van der Waals surface area contributed by atoms with Gasteiger partial charge in [0.1, 0.15) is 11.3 Å². The van der Waals surface area contributed by atoms with Crippen LogP contribution in [0.5, 0.6) is 5.75 Å². The van der Waals surface area contributed by atoms with Crippen molar-refractivity contribution in [1.82, 2.24) is 19.7 Å². The molecule has 8 heteroatoms. The number of piperazine rings is 1. The average Bonchev–Trinajstić information content (AvgIpc) is 3.12. The summed E-state index contributed by atoms with van der Waals surface area (Å²) >= 11 is 6.34. The van der Waals surface area contributed by atoms with Gasteiger partial charge in [-0.1, -0.05) is 23.7 Å². The number of hydrogen-bond acceptors (Lipinski definition) is 4. The van der Waals surface area contributed by atoms with Gasteiger partial charge < -0.3 is 24.8 Å². The van der Waals surface area contributed by atoms with Gasteiger partial charge in [-0.3, -0.25) is 9.59 Å². The Balaban J connectivity index is 1.49. The fourth-order valence-corrected chi connectivity index (χ4v) is 5.99. The molecular weight excluding hydrogens is 452 g/mol. The summed E-state index contributed by atoms with van der Waals surface area (Å²) < 4.78 is 0. The van der Waals surface area contributed by atoms with Crippen LogP contribution >= 0.6 is 11.6 Å². The molecule has 3 aliphatic rings. The maximum atomic E-state index is 14.0. The highest BCUT2D eigenvalue weighted by Crippen LogP contribution is 2.47. The number of benzene rings is 2. The highest BCUT2D eigenvalue weighted by Gasteiger charge is 2.56. The van der Waals surface area contributed by atoms with Crippen molar-refractivity contribution in [3.05, 3.63) is 64.3 Å². The molecule has 2 aromatic carbocycles. The van der Waals surface area contributed by atoms with Crippen LogP contribution in [0.15, 0.2) is 42.5 Å². The van der Waals surface area contributed by atoms with E-state index in [2.05, 4.69) is 9.88 Å². The van der Waals surface area contributed by atoms with E-state index in [4.69, 9.17) is 11.6 Å². The fourth-order valence-electron chi connectivity index (χ4n) is 5.82. The summed E-state index contributed by atoms with van der Waals surface area (Å²) in [5, 5.41) is 11.8. The topological polar surface area (TPSA) is 79.9 Å². The van der Waals surface area contributed by atoms with E-state index in [1.807, 2.05) is 31.2 Å². The third-order valence-corrected chi connectivity index (χ3v) is 7.88. The number of fused-ring (bicyclic) bond motifs is 4. The number of aromatic hydroxyl groups is 1. The number of hydrogen-bond donors (Lipinski definition) is 2. The van der Waals surface area contributed by atoms with Crippen molar-refractivity contribution in [3.8, 4) is 5.75 Å². The Morgan fingerprint density at radius 2 is 1.97 bits per heavy atom. The first-order chi connectivity index (χ1) is 16.3. The van der Waals surface area contributed by atoms with Crippen molar-refractivity contribution in [2.45, 2.75) is 31.3 Å². The second kappa shape index (κ2) is 7.75. The van der Waals surface area contributed by atoms with Crippen LogP contribution in [0.2, 0.25) is 5.02 Å². The molecule has 4 heterocycles. The zero-order valence-electron chi connectivity index (χ0n) is 19.1. The normalized spacial score (nSPS) is 24.8. The zero-order valence-corrected chi connectivity index (χ0v) is 19.8. The zero-order chi connectivity index (χ0) is 23.6. The number of phenolic OH excluding ortho intramolecular Hbond substituents is 1. The maximum Gasteiger partial charge on any atom is 0.249 e. The van der Waals surface area contributed by atoms with Gasteiger partial charge in [-0.05, 0) is 67.9 Å². The first-order valence-electron chi connectivity index (χ1n) is 11.8. The van der Waals surface area contributed by atoms with Gasteiger partial charge in [0.2, 0.25) is 11.8 Å². The quantitative estimate of drug-likeness (QED) is 0.603. The Morgan fingerprint density at radius 1 is 1.15 bits per heavy atom. The minimum absolute atomic E-state index is 0.0280. The van der Waals surface area contributed by atoms with Gasteiger partial charge in [-0.15, -0.1) is 0 Å². The molecular formula is C26H27ClN4O3. The molecule has 7 nitrogen and oxygen atoms in total. The highest BCUT2D eigenvalue weighted by molar-refractivity contribution is 6.31. The van der Waals surface area contributed by atoms with E-state index in [1.54, 1.807) is 28.0 Å². The molecule has 0 radical (unpaired) electrons. The van der Waals surface area contributed by atoms with Gasteiger partial charge in [-0.25, -0.2) is 0 Å². The summed E-state index contributed by atoms with van der Waals surface area (Å²) in [4.78, 5) is 36.9. The van der Waals surface area contributed by atoms with Gasteiger partial charge in [0.15, 0.2) is 0 Å². The molecule has 0 spiro atoms. The number of carbonyl (C=O) groups excluding carboxylic acids is 2. The maximum absolute atomic E-state index is 14.0. The number of carbonyl (C=O) groups is 2. The van der Waals surface area contributed by atoms with Crippen LogP contribution in [0.25, 0.3) is 10.9 Å². The molecule has 1 aromatic heterocycles. The Kier molecular flexibility index (Phi) is 4.90. The van der Waals surface area contributed by atoms with Gasteiger partial charge in [0.05, 0.1) is 12.6 Å². The first kappa shape index (κ1) is 21.5. The van der Waals surface area contributed by atoms with E-state index in [0.29, 0.717) is 18.0 Å². The van der Waals surface area contributed by atoms with Crippen molar-refractivity contribution in [2.24, 2.45) is 0 Å². The molecule has 2 fully saturated rings. The van der Waals surface area contributed by atoms with Gasteiger partial charge in [-0.2, -0.15) is 0 Å². The molecule has 2 amide bonds. The minimum Gasteiger partial charge on any atom is -0.508 e. The molecule has 6 rings (SSSR count). The van der Waals surface area contributed by atoms with Gasteiger partial charge in [0, 0.05) is 41.1 Å². The summed E-state index contributed by atoms with van der Waals surface area (Å²) in [5.41, 5.74) is 2.51. The third-order valence-electron chi connectivity index (χ3n) is 7.65. The second-order valence-electron chi connectivity index (χ2n) is 9.84. The number of aromatic nitrogens is 1. The lowest BCUT2D eigenvalue weighted by Gasteiger charge is -2.53. The SMILES string of the molecule is C[C@@]12Cc3c([nH]c4ccc(Cl)cc34)[C@@H](c3cccc(O)c3)N1C(=O)CN(CCN1CCC1)C2=O. The molecule has 0 aliphatic carbocycles. The third kappa shape index (κ3) is 3.21. The van der Waals surface area contributed by atoms with Crippen LogP contribution < -0.4 is 0 Å². The van der Waals surface area contributed by atoms with Crippen LogP contribution in [0.1, 0.15) is 36.2 Å². The number of H-pyrrole nitrogens is 1. The number of nitrogens with zero attached hydrogens (tertiary/aromatic N) is 3. The summed E-state index contributed by atoms with van der Waals surface area (Å²) in [6.45, 7) is 5.40. The lowest BCUT2D eigenvalue weighted by molar-refractivity contribution is -0.167. The first-order valence-corrected chi connectivity index (χ1v) is 12.2. The lowest BCUT2D eigenvalue weighted by atomic mass is 9.78. The molecule has 176 valence electrons. The number of phenols is 1. The summed E-state index contributed by atoms with van der Waals surface area (Å²) in [7, 11) is 0. The molecule has 3 aromatic rings. The number of rotatable bonds is 4. The molecule has 3 aliphatic heterocycles. The largest absolute Gasteiger partial charge is 0.508 e. The van der Waals surface area contributed by atoms with Crippen molar-refractivity contribution < 1.29 is 14.7 Å². The smallest absolute Gasteiger partial charge is 0.249 e. The van der Waals surface area contributed by atoms with Crippen molar-refractivity contribution in [2.75, 3.05) is 32.7 Å². The molecule has 2 atom stereocenters. The monoisotopic (exact) mass is 478 g/mol. The van der Waals surface area contributed by atoms with E-state index >= 15 is 0 Å². The Morgan fingerprint density at radius 3 is 2.71 bits per heavy atom. The Bertz CT molecular complexity index is 1320. The number of nitrogens with one attached hydrogen (secondary N) is 1. The standard InChI is InChI=1S/C26H27ClN4O3/c1-26-14-20-19-13-17(27)6-7-21(19)28-23(20)24(16-4-2-5-18(32)12-16)31(26)22(33)15-30(25(26)34)11-10-29-8-3-9-29/h2,4-7,12-13,24,28,32H,3,8-11,14-15H2,1H3/t24-,26+/m1/s1. The van der Waals surface area contributed by atoms with E-state index in [9.17, 15) is 14.7 Å². The fraction of sp³-hybridized carbons (Fsp3) is 0.385. The molecule has 2 N–H and O–H groups in total. The summed E-state index contributed by atoms with van der Waals surface area (Å²) in [6.07, 6.45) is 1.60. The Labute approximate surface area is 202 Å². The number of aromatic amines is 1. The molecule has 34 heavy (non-hydrogen) atoms. The van der Waals surface area contributed by atoms with E-state index in [-0.39, 0.29) is 24.1 Å². The lowest BCUT2D eigenvalue weighted by Crippen LogP contribution is -2.70. The number of likely N-dealkylation sites (tertiary alicyclic amines) is 1. The predicted molar refractivity (Wildman–Crippen MR) is 130 cm³/mol. The summed E-state index contributed by atoms with van der Waals surface area (Å²) in [5.74, 6) is 0.0126. The Hall–Kier alpha value is -3.03. The number of halogens is 1. The summed E-state index contributed by atoms with van der Waals surface area (Å²) in [6, 6.07) is 12.1. The molecule has 0 saturated carbocycles. The molecule has 2 saturated heterocycles. The molecule has 0 unspecified atom stereocenters. The minimum atomic E-state index is -1.04. The molecule has 0 bridgehead atoms. The highest BCUT2D eigenvalue weighted by atomic mass is 35.5. The van der Waals surface area contributed by atoms with E-state index in [1.165, 1.54) is 6.42 Å².